The van der Waals surface area contributed by atoms with E-state index in [2.05, 4.69) is 5.32 Å². The number of anilines is 1. The monoisotopic (exact) mass is 591 g/mol. The van der Waals surface area contributed by atoms with Crippen LogP contribution in [0.4, 0.5) is 10.5 Å². The molecular weight excluding hydrogens is 550 g/mol. The summed E-state index contributed by atoms with van der Waals surface area (Å²) in [6, 6.07) is 14.5. The zero-order valence-corrected chi connectivity index (χ0v) is 24.5. The number of sulfonamides is 1. The third kappa shape index (κ3) is 7.97. The molecular formula is C29H41N3O8S. The summed E-state index contributed by atoms with van der Waals surface area (Å²) in [5.41, 5.74) is 7.07. The molecule has 4 N–H and O–H groups in total. The average molecular weight is 592 g/mol. The van der Waals surface area contributed by atoms with Crippen LogP contribution in [-0.4, -0.2) is 88.0 Å². The van der Waals surface area contributed by atoms with Gasteiger partial charge >= 0.3 is 6.09 Å². The predicted octanol–water partition coefficient (Wildman–Crippen LogP) is 2.39. The van der Waals surface area contributed by atoms with Gasteiger partial charge in [-0.3, -0.25) is 0 Å². The number of carbonyl (C=O) groups is 1. The summed E-state index contributed by atoms with van der Waals surface area (Å²) in [6.45, 7) is 4.46. The quantitative estimate of drug-likeness (QED) is 0.316. The van der Waals surface area contributed by atoms with Gasteiger partial charge in [0, 0.05) is 32.3 Å². The van der Waals surface area contributed by atoms with E-state index in [0.717, 1.165) is 5.56 Å². The average Bonchev–Trinajstić information content (AvgIpc) is 3.37. The molecule has 41 heavy (non-hydrogen) atoms. The number of fused-ring (bicyclic) bond motifs is 1. The third-order valence-electron chi connectivity index (χ3n) is 7.39. The molecule has 0 unspecified atom stereocenters. The Bertz CT molecular complexity index is 1220. The number of aliphatic hydroxyl groups excluding tert-OH is 1. The first kappa shape index (κ1) is 31.2. The molecule has 2 aliphatic heterocycles. The number of nitrogens with one attached hydrogen (secondary N) is 1. The second-order valence-corrected chi connectivity index (χ2v) is 12.9. The highest BCUT2D eigenvalue weighted by atomic mass is 32.2. The lowest BCUT2D eigenvalue weighted by Crippen LogP contribution is -2.52. The maximum atomic E-state index is 13.6. The van der Waals surface area contributed by atoms with Crippen molar-refractivity contribution >= 4 is 21.8 Å². The van der Waals surface area contributed by atoms with E-state index in [4.69, 9.17) is 24.7 Å². The van der Waals surface area contributed by atoms with Crippen LogP contribution in [0, 0.1) is 11.8 Å². The number of nitrogens with zero attached hydrogens (tertiary/aromatic N) is 1. The van der Waals surface area contributed by atoms with Crippen molar-refractivity contribution in [1.29, 1.82) is 0 Å². The highest BCUT2D eigenvalue weighted by Gasteiger charge is 2.48. The first-order chi connectivity index (χ1) is 19.6. The van der Waals surface area contributed by atoms with Gasteiger partial charge in [-0.25, -0.2) is 13.2 Å². The molecule has 6 atom stereocenters. The van der Waals surface area contributed by atoms with E-state index >= 15 is 0 Å². The molecule has 0 aliphatic carbocycles. The van der Waals surface area contributed by atoms with Crippen LogP contribution in [0.1, 0.15) is 25.8 Å². The van der Waals surface area contributed by atoms with Gasteiger partial charge in [0.1, 0.15) is 6.10 Å². The molecule has 0 spiro atoms. The number of rotatable bonds is 12. The molecule has 0 bridgehead atoms. The SMILES string of the molecule is CO[C@H]1CO[C@@H]2OCC[C@H](OC(=O)N[C@@H](Cc3ccccc3)[C@H](O)CN(CC(C)C)S(=O)(=O)c3ccc(N)cc3)[C@@H]21. The van der Waals surface area contributed by atoms with Crippen LogP contribution >= 0.6 is 0 Å². The number of nitrogen functional groups attached to an aromatic ring is 1. The van der Waals surface area contributed by atoms with Gasteiger partial charge in [0.25, 0.3) is 0 Å². The maximum absolute atomic E-state index is 13.6. The molecule has 2 aromatic carbocycles. The highest BCUT2D eigenvalue weighted by molar-refractivity contribution is 7.89. The molecule has 0 radical (unpaired) electrons. The Kier molecular flexibility index (Phi) is 10.6. The van der Waals surface area contributed by atoms with Crippen molar-refractivity contribution in [1.82, 2.24) is 9.62 Å². The summed E-state index contributed by atoms with van der Waals surface area (Å²) in [6.07, 6.45) is -2.50. The summed E-state index contributed by atoms with van der Waals surface area (Å²) in [7, 11) is -2.37. The zero-order valence-electron chi connectivity index (χ0n) is 23.7. The fourth-order valence-corrected chi connectivity index (χ4v) is 6.92. The number of nitrogens with two attached hydrogens (primary N) is 1. The van der Waals surface area contributed by atoms with Crippen molar-refractivity contribution in [3.63, 3.8) is 0 Å². The smallest absolute Gasteiger partial charge is 0.407 e. The number of hydrogen-bond acceptors (Lipinski definition) is 9. The van der Waals surface area contributed by atoms with Gasteiger partial charge in [-0.2, -0.15) is 4.31 Å². The standard InChI is InChI=1S/C29H41N3O8S/c1-19(2)16-32(41(35,36)22-11-9-21(30)10-12-22)17-24(33)23(15-20-7-5-4-6-8-20)31-29(34)40-25-13-14-38-28-27(25)26(37-3)18-39-28/h4-12,19,23-28,33H,13-18,30H2,1-3H3,(H,31,34)/t23-,24+,25-,26-,27+,28-/m0/s1. The third-order valence-corrected chi connectivity index (χ3v) is 9.23. The largest absolute Gasteiger partial charge is 0.446 e. The van der Waals surface area contributed by atoms with Crippen LogP contribution in [0.25, 0.3) is 0 Å². The first-order valence-electron chi connectivity index (χ1n) is 13.9. The molecule has 0 saturated carbocycles. The Morgan fingerprint density at radius 3 is 2.46 bits per heavy atom. The number of carbonyl (C=O) groups excluding carboxylic acids is 1. The molecule has 226 valence electrons. The Morgan fingerprint density at radius 1 is 1.10 bits per heavy atom. The molecule has 2 heterocycles. The topological polar surface area (TPSA) is 150 Å². The van der Waals surface area contributed by atoms with Crippen molar-refractivity contribution < 1.29 is 37.3 Å². The van der Waals surface area contributed by atoms with Crippen LogP contribution in [0.5, 0.6) is 0 Å². The minimum Gasteiger partial charge on any atom is -0.446 e. The van der Waals surface area contributed by atoms with E-state index in [1.807, 2.05) is 44.2 Å². The lowest BCUT2D eigenvalue weighted by atomic mass is 9.93. The second-order valence-electron chi connectivity index (χ2n) is 10.9. The van der Waals surface area contributed by atoms with Crippen molar-refractivity contribution in [2.45, 2.75) is 62.2 Å². The predicted molar refractivity (Wildman–Crippen MR) is 152 cm³/mol. The van der Waals surface area contributed by atoms with E-state index in [-0.39, 0.29) is 42.3 Å². The molecule has 2 aromatic rings. The highest BCUT2D eigenvalue weighted by Crippen LogP contribution is 2.34. The number of aliphatic hydroxyl groups is 1. The van der Waals surface area contributed by atoms with E-state index in [9.17, 15) is 18.3 Å². The summed E-state index contributed by atoms with van der Waals surface area (Å²) in [5.74, 6) is -0.288. The number of alkyl carbamates (subject to hydrolysis) is 1. The number of hydrogen-bond donors (Lipinski definition) is 3. The molecule has 2 aliphatic rings. The molecule has 2 fully saturated rings. The number of ether oxygens (including phenoxy) is 4. The van der Waals surface area contributed by atoms with Gasteiger partial charge in [-0.1, -0.05) is 44.2 Å². The van der Waals surface area contributed by atoms with Crippen LogP contribution in [-0.2, 0) is 35.4 Å². The van der Waals surface area contributed by atoms with Gasteiger partial charge < -0.3 is 35.1 Å². The molecule has 4 rings (SSSR count). The molecule has 0 aromatic heterocycles. The van der Waals surface area contributed by atoms with E-state index < -0.39 is 40.7 Å². The van der Waals surface area contributed by atoms with Crippen molar-refractivity contribution in [3.05, 3.63) is 60.2 Å². The van der Waals surface area contributed by atoms with Gasteiger partial charge in [0.05, 0.1) is 42.3 Å². The van der Waals surface area contributed by atoms with Gasteiger partial charge in [-0.05, 0) is 42.2 Å². The van der Waals surface area contributed by atoms with E-state index in [1.165, 1.54) is 28.6 Å². The number of benzene rings is 2. The van der Waals surface area contributed by atoms with Crippen LogP contribution in [0.2, 0.25) is 0 Å². The lowest BCUT2D eigenvalue weighted by Gasteiger charge is -2.35. The van der Waals surface area contributed by atoms with Crippen LogP contribution < -0.4 is 11.1 Å². The molecule has 11 nitrogen and oxygen atoms in total. The summed E-state index contributed by atoms with van der Waals surface area (Å²) in [5, 5.41) is 14.2. The van der Waals surface area contributed by atoms with Crippen molar-refractivity contribution in [3.8, 4) is 0 Å². The second kappa shape index (κ2) is 14.0. The first-order valence-corrected chi connectivity index (χ1v) is 15.3. The number of methoxy groups -OCH3 is 1. The van der Waals surface area contributed by atoms with Gasteiger partial charge in [-0.15, -0.1) is 0 Å². The van der Waals surface area contributed by atoms with E-state index in [1.54, 1.807) is 7.11 Å². The summed E-state index contributed by atoms with van der Waals surface area (Å²) >= 11 is 0. The maximum Gasteiger partial charge on any atom is 0.407 e. The minimum atomic E-state index is -3.95. The number of amides is 1. The normalized spacial score (nSPS) is 24.1. The Balaban J connectivity index is 1.52. The summed E-state index contributed by atoms with van der Waals surface area (Å²) in [4.78, 5) is 13.3. The minimum absolute atomic E-state index is 0.0138. The van der Waals surface area contributed by atoms with E-state index in [0.29, 0.717) is 25.3 Å². The Morgan fingerprint density at radius 2 is 1.80 bits per heavy atom. The van der Waals surface area contributed by atoms with Crippen LogP contribution in [0.15, 0.2) is 59.5 Å². The zero-order chi connectivity index (χ0) is 29.6. The van der Waals surface area contributed by atoms with Gasteiger partial charge in [0.15, 0.2) is 6.29 Å². The Hall–Kier alpha value is -2.74. The fraction of sp³-hybridized carbons (Fsp3) is 0.552. The lowest BCUT2D eigenvalue weighted by molar-refractivity contribution is -0.184. The fourth-order valence-electron chi connectivity index (χ4n) is 5.29. The van der Waals surface area contributed by atoms with Crippen LogP contribution in [0.3, 0.4) is 0 Å². The van der Waals surface area contributed by atoms with Gasteiger partial charge in [0.2, 0.25) is 10.0 Å². The molecule has 12 heteroatoms. The molecule has 2 saturated heterocycles. The Labute approximate surface area is 242 Å². The van der Waals surface area contributed by atoms with Crippen molar-refractivity contribution in [2.24, 2.45) is 11.8 Å². The summed E-state index contributed by atoms with van der Waals surface area (Å²) < 4.78 is 51.1. The van der Waals surface area contributed by atoms with Crippen molar-refractivity contribution in [2.75, 3.05) is 39.1 Å². The molecule has 1 amide bonds.